The molecule has 0 aromatic heterocycles. The van der Waals surface area contributed by atoms with Crippen LogP contribution in [0.3, 0.4) is 0 Å². The van der Waals surface area contributed by atoms with Gasteiger partial charge in [0.15, 0.2) is 5.78 Å². The molecule has 5 heteroatoms. The summed E-state index contributed by atoms with van der Waals surface area (Å²) in [6.07, 6.45) is -4.56. The number of ether oxygens (including phenoxy) is 1. The van der Waals surface area contributed by atoms with Gasteiger partial charge < -0.3 is 4.74 Å². The summed E-state index contributed by atoms with van der Waals surface area (Å²) in [5.41, 5.74) is 0.399. The summed E-state index contributed by atoms with van der Waals surface area (Å²) in [6, 6.07) is 6.56. The van der Waals surface area contributed by atoms with Gasteiger partial charge in [0.25, 0.3) is 0 Å². The van der Waals surface area contributed by atoms with Crippen molar-refractivity contribution in [1.29, 1.82) is 0 Å². The molecular formula is C14H17F3O2. The number of rotatable bonds is 7. The van der Waals surface area contributed by atoms with E-state index in [4.69, 9.17) is 4.74 Å². The Kier molecular flexibility index (Phi) is 5.86. The van der Waals surface area contributed by atoms with Crippen molar-refractivity contribution >= 4 is 5.78 Å². The number of hydrogen-bond acceptors (Lipinski definition) is 2. The number of Topliss-reactive ketones (excluding diaryl/α,β-unsaturated/α-hetero) is 1. The minimum absolute atomic E-state index is 0.100. The van der Waals surface area contributed by atoms with Crippen molar-refractivity contribution < 1.29 is 22.7 Å². The van der Waals surface area contributed by atoms with E-state index in [1.165, 1.54) is 0 Å². The Morgan fingerprint density at radius 2 is 2.05 bits per heavy atom. The summed E-state index contributed by atoms with van der Waals surface area (Å²) >= 11 is 0. The molecule has 19 heavy (non-hydrogen) atoms. The molecule has 0 spiro atoms. The second-order valence-corrected chi connectivity index (χ2v) is 4.27. The molecule has 0 aliphatic heterocycles. The zero-order chi connectivity index (χ0) is 14.3. The lowest BCUT2D eigenvalue weighted by Crippen LogP contribution is -2.08. The maximum atomic E-state index is 12.0. The first-order valence-corrected chi connectivity index (χ1v) is 6.25. The van der Waals surface area contributed by atoms with Crippen LogP contribution in [0.4, 0.5) is 13.2 Å². The van der Waals surface area contributed by atoms with Crippen LogP contribution in [0.15, 0.2) is 24.3 Å². The molecule has 0 amide bonds. The third-order valence-corrected chi connectivity index (χ3v) is 2.49. The predicted molar refractivity (Wildman–Crippen MR) is 66.5 cm³/mol. The predicted octanol–water partition coefficient (Wildman–Crippen LogP) is 4.39. The lowest BCUT2D eigenvalue weighted by molar-refractivity contribution is -0.135. The van der Waals surface area contributed by atoms with Crippen LogP contribution in [0.5, 0.6) is 5.75 Å². The van der Waals surface area contributed by atoms with Crippen molar-refractivity contribution in [2.45, 2.75) is 38.8 Å². The molecule has 0 saturated heterocycles. The van der Waals surface area contributed by atoms with E-state index in [-0.39, 0.29) is 18.6 Å². The molecule has 0 radical (unpaired) electrons. The molecule has 0 heterocycles. The van der Waals surface area contributed by atoms with Gasteiger partial charge in [0.05, 0.1) is 6.61 Å². The SMILES string of the molecule is CCCOc1cccc(C(=O)CCCC(F)(F)F)c1. The molecule has 0 bridgehead atoms. The second-order valence-electron chi connectivity index (χ2n) is 4.27. The van der Waals surface area contributed by atoms with Gasteiger partial charge in [-0.3, -0.25) is 4.79 Å². The average Bonchev–Trinajstić information content (AvgIpc) is 2.35. The van der Waals surface area contributed by atoms with Crippen LogP contribution in [0.2, 0.25) is 0 Å². The topological polar surface area (TPSA) is 26.3 Å². The first-order valence-electron chi connectivity index (χ1n) is 6.25. The maximum absolute atomic E-state index is 12.0. The Bertz CT molecular complexity index is 413. The van der Waals surface area contributed by atoms with Crippen LogP contribution in [0, 0.1) is 0 Å². The number of alkyl halides is 3. The summed E-state index contributed by atoms with van der Waals surface area (Å²) in [5, 5.41) is 0. The van der Waals surface area contributed by atoms with Crippen LogP contribution < -0.4 is 4.74 Å². The van der Waals surface area contributed by atoms with E-state index in [9.17, 15) is 18.0 Å². The van der Waals surface area contributed by atoms with Gasteiger partial charge in [0.2, 0.25) is 0 Å². The number of carbonyl (C=O) groups excluding carboxylic acids is 1. The molecule has 0 N–H and O–H groups in total. The summed E-state index contributed by atoms with van der Waals surface area (Å²) in [5.74, 6) is 0.287. The van der Waals surface area contributed by atoms with E-state index in [1.54, 1.807) is 24.3 Å². The number of ketones is 1. The number of carbonyl (C=O) groups is 1. The molecule has 0 atom stereocenters. The number of halogens is 3. The third kappa shape index (κ3) is 6.27. The molecule has 0 aliphatic rings. The minimum Gasteiger partial charge on any atom is -0.494 e. The Morgan fingerprint density at radius 1 is 1.32 bits per heavy atom. The highest BCUT2D eigenvalue weighted by molar-refractivity contribution is 5.96. The Labute approximate surface area is 110 Å². The largest absolute Gasteiger partial charge is 0.494 e. The van der Waals surface area contributed by atoms with Crippen LogP contribution in [0.1, 0.15) is 43.0 Å². The van der Waals surface area contributed by atoms with Gasteiger partial charge in [-0.25, -0.2) is 0 Å². The van der Waals surface area contributed by atoms with E-state index < -0.39 is 12.6 Å². The highest BCUT2D eigenvalue weighted by Crippen LogP contribution is 2.23. The average molecular weight is 274 g/mol. The quantitative estimate of drug-likeness (QED) is 0.689. The van der Waals surface area contributed by atoms with Crippen LogP contribution >= 0.6 is 0 Å². The molecule has 1 aromatic carbocycles. The molecular weight excluding hydrogens is 257 g/mol. The molecule has 0 fully saturated rings. The van der Waals surface area contributed by atoms with Crippen molar-refractivity contribution in [3.63, 3.8) is 0 Å². The lowest BCUT2D eigenvalue weighted by Gasteiger charge is -2.07. The van der Waals surface area contributed by atoms with Gasteiger partial charge in [0, 0.05) is 18.4 Å². The zero-order valence-corrected chi connectivity index (χ0v) is 10.8. The maximum Gasteiger partial charge on any atom is 0.389 e. The van der Waals surface area contributed by atoms with Gasteiger partial charge in [0.1, 0.15) is 5.75 Å². The van der Waals surface area contributed by atoms with Crippen LogP contribution in [0.25, 0.3) is 0 Å². The highest BCUT2D eigenvalue weighted by Gasteiger charge is 2.26. The Hall–Kier alpha value is -1.52. The zero-order valence-electron chi connectivity index (χ0n) is 10.8. The molecule has 106 valence electrons. The van der Waals surface area contributed by atoms with Gasteiger partial charge in [-0.15, -0.1) is 0 Å². The number of benzene rings is 1. The second kappa shape index (κ2) is 7.16. The van der Waals surface area contributed by atoms with E-state index in [0.717, 1.165) is 6.42 Å². The molecule has 2 nitrogen and oxygen atoms in total. The van der Waals surface area contributed by atoms with E-state index >= 15 is 0 Å². The normalized spacial score (nSPS) is 11.4. The minimum atomic E-state index is -4.20. The van der Waals surface area contributed by atoms with Crippen molar-refractivity contribution in [1.82, 2.24) is 0 Å². The standard InChI is InChI=1S/C14H17F3O2/c1-2-9-19-12-6-3-5-11(10-12)13(18)7-4-8-14(15,16)17/h3,5-6,10H,2,4,7-9H2,1H3. The fraction of sp³-hybridized carbons (Fsp3) is 0.500. The van der Waals surface area contributed by atoms with Gasteiger partial charge in [-0.05, 0) is 25.0 Å². The summed E-state index contributed by atoms with van der Waals surface area (Å²) in [7, 11) is 0. The summed E-state index contributed by atoms with van der Waals surface area (Å²) < 4.78 is 41.3. The van der Waals surface area contributed by atoms with E-state index in [1.807, 2.05) is 6.92 Å². The van der Waals surface area contributed by atoms with E-state index in [0.29, 0.717) is 17.9 Å². The lowest BCUT2D eigenvalue weighted by atomic mass is 10.1. The van der Waals surface area contributed by atoms with Crippen molar-refractivity contribution in [2.24, 2.45) is 0 Å². The monoisotopic (exact) mass is 274 g/mol. The van der Waals surface area contributed by atoms with E-state index in [2.05, 4.69) is 0 Å². The summed E-state index contributed by atoms with van der Waals surface area (Å²) in [4.78, 5) is 11.7. The molecule has 0 saturated carbocycles. The van der Waals surface area contributed by atoms with Crippen LogP contribution in [-0.4, -0.2) is 18.6 Å². The van der Waals surface area contributed by atoms with Crippen LogP contribution in [-0.2, 0) is 0 Å². The summed E-state index contributed by atoms with van der Waals surface area (Å²) in [6.45, 7) is 2.51. The molecule has 0 unspecified atom stereocenters. The Balaban J connectivity index is 2.52. The molecule has 1 rings (SSSR count). The van der Waals surface area contributed by atoms with Gasteiger partial charge in [-0.1, -0.05) is 19.1 Å². The molecule has 1 aromatic rings. The highest BCUT2D eigenvalue weighted by atomic mass is 19.4. The number of hydrogen-bond donors (Lipinski definition) is 0. The van der Waals surface area contributed by atoms with Gasteiger partial charge >= 0.3 is 6.18 Å². The third-order valence-electron chi connectivity index (χ3n) is 2.49. The smallest absolute Gasteiger partial charge is 0.389 e. The van der Waals surface area contributed by atoms with Crippen molar-refractivity contribution in [3.05, 3.63) is 29.8 Å². The molecule has 0 aliphatic carbocycles. The van der Waals surface area contributed by atoms with Gasteiger partial charge in [-0.2, -0.15) is 13.2 Å². The van der Waals surface area contributed by atoms with Crippen molar-refractivity contribution in [2.75, 3.05) is 6.61 Å². The fourth-order valence-corrected chi connectivity index (χ4v) is 1.57. The van der Waals surface area contributed by atoms with Crippen molar-refractivity contribution in [3.8, 4) is 5.75 Å². The first-order chi connectivity index (χ1) is 8.92. The Morgan fingerprint density at radius 3 is 2.68 bits per heavy atom. The first kappa shape index (κ1) is 15.5. The fourth-order valence-electron chi connectivity index (χ4n) is 1.57.